The molecule has 1 heterocycles. The molecule has 6 nitrogen and oxygen atoms in total. The number of allylic oxidation sites excluding steroid dienone is 1. The van der Waals surface area contributed by atoms with E-state index in [9.17, 15) is 23.7 Å². The second kappa shape index (κ2) is 6.47. The lowest BCUT2D eigenvalue weighted by Crippen LogP contribution is -2.61. The number of benzene rings is 1. The Morgan fingerprint density at radius 3 is 2.27 bits per heavy atom. The first kappa shape index (κ1) is 17.1. The summed E-state index contributed by atoms with van der Waals surface area (Å²) in [5.74, 6) is 0. The highest BCUT2D eigenvalue weighted by Crippen LogP contribution is 2.27. The van der Waals surface area contributed by atoms with Crippen molar-refractivity contribution in [3.63, 3.8) is 0 Å². The number of aryl methyl sites for hydroxylation is 1. The van der Waals surface area contributed by atoms with Crippen LogP contribution in [0.5, 0.6) is 0 Å². The smallest absolute Gasteiger partial charge is 0.243 e. The van der Waals surface area contributed by atoms with Crippen molar-refractivity contribution in [2.75, 3.05) is 6.54 Å². The van der Waals surface area contributed by atoms with Gasteiger partial charge in [-0.25, -0.2) is 8.42 Å². The number of piperidine rings is 1. The third-order valence-electron chi connectivity index (χ3n) is 3.81. The molecule has 1 aromatic rings. The van der Waals surface area contributed by atoms with Crippen LogP contribution in [0.3, 0.4) is 0 Å². The summed E-state index contributed by atoms with van der Waals surface area (Å²) < 4.78 is 26.6. The van der Waals surface area contributed by atoms with Crippen molar-refractivity contribution in [1.29, 1.82) is 0 Å². The van der Waals surface area contributed by atoms with Gasteiger partial charge in [0.15, 0.2) is 0 Å². The van der Waals surface area contributed by atoms with Crippen LogP contribution >= 0.6 is 0 Å². The van der Waals surface area contributed by atoms with E-state index in [0.29, 0.717) is 0 Å². The minimum Gasteiger partial charge on any atom is -0.389 e. The molecule has 1 aliphatic rings. The van der Waals surface area contributed by atoms with Crippen molar-refractivity contribution in [3.8, 4) is 0 Å². The van der Waals surface area contributed by atoms with Crippen molar-refractivity contribution in [1.82, 2.24) is 4.31 Å². The number of aliphatic hydroxyl groups excluding tert-OH is 3. The van der Waals surface area contributed by atoms with E-state index in [2.05, 4.69) is 0 Å². The number of sulfonamides is 1. The van der Waals surface area contributed by atoms with Gasteiger partial charge in [-0.15, -0.1) is 0 Å². The van der Waals surface area contributed by atoms with E-state index in [4.69, 9.17) is 0 Å². The molecule has 122 valence electrons. The highest BCUT2D eigenvalue weighted by Gasteiger charge is 2.45. The van der Waals surface area contributed by atoms with E-state index in [-0.39, 0.29) is 11.4 Å². The van der Waals surface area contributed by atoms with Gasteiger partial charge in [0.25, 0.3) is 0 Å². The fourth-order valence-corrected chi connectivity index (χ4v) is 4.14. The minimum absolute atomic E-state index is 0.0865. The molecule has 1 fully saturated rings. The van der Waals surface area contributed by atoms with Gasteiger partial charge < -0.3 is 15.3 Å². The largest absolute Gasteiger partial charge is 0.389 e. The molecule has 22 heavy (non-hydrogen) atoms. The van der Waals surface area contributed by atoms with Crippen LogP contribution in [0.1, 0.15) is 12.5 Å². The zero-order valence-corrected chi connectivity index (χ0v) is 13.3. The zero-order valence-electron chi connectivity index (χ0n) is 12.5. The molecule has 0 saturated carbocycles. The van der Waals surface area contributed by atoms with Crippen molar-refractivity contribution < 1.29 is 23.7 Å². The summed E-state index contributed by atoms with van der Waals surface area (Å²) in [6.45, 7) is 3.27. The van der Waals surface area contributed by atoms with E-state index >= 15 is 0 Å². The summed E-state index contributed by atoms with van der Waals surface area (Å²) in [6.07, 6.45) is -0.996. The average Bonchev–Trinajstić information content (AvgIpc) is 2.48. The van der Waals surface area contributed by atoms with Gasteiger partial charge in [0.2, 0.25) is 10.0 Å². The average molecular weight is 327 g/mol. The van der Waals surface area contributed by atoms with Gasteiger partial charge in [0, 0.05) is 6.54 Å². The monoisotopic (exact) mass is 327 g/mol. The maximum Gasteiger partial charge on any atom is 0.243 e. The third-order valence-corrected chi connectivity index (χ3v) is 5.69. The Hall–Kier alpha value is -1.25. The summed E-state index contributed by atoms with van der Waals surface area (Å²) in [7, 11) is -3.89. The molecule has 7 heteroatoms. The number of β-amino-alcohol motifs (C(OH)–C–C–N with tert-alkyl or cyclic N) is 1. The molecule has 0 amide bonds. The fraction of sp³-hybridized carbons (Fsp3) is 0.467. The van der Waals surface area contributed by atoms with E-state index < -0.39 is 34.4 Å². The number of rotatable bonds is 3. The molecule has 0 aliphatic carbocycles. The summed E-state index contributed by atoms with van der Waals surface area (Å²) in [5, 5.41) is 29.7. The first-order chi connectivity index (χ1) is 10.3. The maximum atomic E-state index is 12.8. The van der Waals surface area contributed by atoms with Crippen LogP contribution in [0.15, 0.2) is 41.3 Å². The van der Waals surface area contributed by atoms with Crippen LogP contribution in [0, 0.1) is 6.92 Å². The maximum absolute atomic E-state index is 12.8. The van der Waals surface area contributed by atoms with Crippen LogP contribution in [-0.2, 0) is 10.0 Å². The highest BCUT2D eigenvalue weighted by atomic mass is 32.2. The quantitative estimate of drug-likeness (QED) is 0.680. The number of aliphatic hydroxyl groups is 3. The Balaban J connectivity index is 2.44. The first-order valence-corrected chi connectivity index (χ1v) is 8.48. The van der Waals surface area contributed by atoms with Crippen molar-refractivity contribution in [2.45, 2.75) is 43.1 Å². The SMILES string of the molecule is C/C=C/[C@@H]1[C@@H](O)[C@@H](O)[C@@H](O)CN1S(=O)(=O)c1ccc(C)cc1. The number of hydrogen-bond acceptors (Lipinski definition) is 5. The van der Waals surface area contributed by atoms with Gasteiger partial charge in [-0.2, -0.15) is 4.31 Å². The molecule has 1 aromatic carbocycles. The van der Waals surface area contributed by atoms with Crippen molar-refractivity contribution >= 4 is 10.0 Å². The predicted molar refractivity (Wildman–Crippen MR) is 81.7 cm³/mol. The summed E-state index contributed by atoms with van der Waals surface area (Å²) in [6, 6.07) is 5.42. The summed E-state index contributed by atoms with van der Waals surface area (Å²) >= 11 is 0. The van der Waals surface area contributed by atoms with E-state index in [1.807, 2.05) is 6.92 Å². The molecule has 0 unspecified atom stereocenters. The first-order valence-electron chi connectivity index (χ1n) is 7.04. The molecule has 1 saturated heterocycles. The molecule has 0 spiro atoms. The number of hydrogen-bond donors (Lipinski definition) is 3. The Kier molecular flexibility index (Phi) is 5.03. The minimum atomic E-state index is -3.89. The lowest BCUT2D eigenvalue weighted by atomic mass is 9.96. The van der Waals surface area contributed by atoms with E-state index in [1.165, 1.54) is 18.2 Å². The van der Waals surface area contributed by atoms with Gasteiger partial charge in [-0.1, -0.05) is 29.8 Å². The predicted octanol–water partition coefficient (Wildman–Crippen LogP) is 0.0267. The second-order valence-electron chi connectivity index (χ2n) is 5.45. The molecule has 4 atom stereocenters. The number of nitrogens with zero attached hydrogens (tertiary/aromatic N) is 1. The Morgan fingerprint density at radius 2 is 1.73 bits per heavy atom. The Labute approximate surface area is 130 Å². The molecular weight excluding hydrogens is 306 g/mol. The van der Waals surface area contributed by atoms with Gasteiger partial charge in [-0.3, -0.25) is 0 Å². The van der Waals surface area contributed by atoms with Gasteiger partial charge >= 0.3 is 0 Å². The lowest BCUT2D eigenvalue weighted by Gasteiger charge is -2.41. The zero-order chi connectivity index (χ0) is 16.5. The van der Waals surface area contributed by atoms with Crippen LogP contribution in [0.2, 0.25) is 0 Å². The highest BCUT2D eigenvalue weighted by molar-refractivity contribution is 7.89. The normalized spacial score (nSPS) is 30.8. The van der Waals surface area contributed by atoms with Gasteiger partial charge in [0.05, 0.1) is 17.0 Å². The Bertz CT molecular complexity index is 640. The van der Waals surface area contributed by atoms with Gasteiger partial charge in [-0.05, 0) is 26.0 Å². The summed E-state index contributed by atoms with van der Waals surface area (Å²) in [4.78, 5) is 0.0865. The van der Waals surface area contributed by atoms with Crippen LogP contribution in [0.4, 0.5) is 0 Å². The summed E-state index contributed by atoms with van der Waals surface area (Å²) in [5.41, 5.74) is 0.929. The van der Waals surface area contributed by atoms with Crippen LogP contribution in [-0.4, -0.2) is 58.9 Å². The van der Waals surface area contributed by atoms with E-state index in [1.54, 1.807) is 25.1 Å². The second-order valence-corrected chi connectivity index (χ2v) is 7.34. The van der Waals surface area contributed by atoms with Crippen molar-refractivity contribution in [3.05, 3.63) is 42.0 Å². The fourth-order valence-electron chi connectivity index (χ4n) is 2.53. The molecular formula is C15H21NO5S. The molecule has 3 N–H and O–H groups in total. The van der Waals surface area contributed by atoms with Crippen molar-refractivity contribution in [2.24, 2.45) is 0 Å². The molecule has 0 aromatic heterocycles. The molecule has 0 bridgehead atoms. The van der Waals surface area contributed by atoms with E-state index in [0.717, 1.165) is 9.87 Å². The van der Waals surface area contributed by atoms with Crippen LogP contribution in [0.25, 0.3) is 0 Å². The third kappa shape index (κ3) is 3.09. The lowest BCUT2D eigenvalue weighted by molar-refractivity contribution is -0.108. The molecule has 1 aliphatic heterocycles. The Morgan fingerprint density at radius 1 is 1.14 bits per heavy atom. The van der Waals surface area contributed by atoms with Gasteiger partial charge in [0.1, 0.15) is 12.2 Å². The molecule has 0 radical (unpaired) electrons. The topological polar surface area (TPSA) is 98.1 Å². The molecule has 2 rings (SSSR count). The standard InChI is InChI=1S/C15H21NO5S/c1-3-4-12-14(18)15(19)13(17)9-16(12)22(20,21)11-7-5-10(2)6-8-11/h3-8,12-15,17-19H,9H2,1-2H3/b4-3+/t12-,13+,14-,15+/m1/s1. The van der Waals surface area contributed by atoms with Crippen LogP contribution < -0.4 is 0 Å².